The Hall–Kier alpha value is -1.15. The highest BCUT2D eigenvalue weighted by molar-refractivity contribution is 7.99. The molecule has 2 rings (SSSR count). The van der Waals surface area contributed by atoms with Crippen LogP contribution >= 0.6 is 11.8 Å². The standard InChI is InChI=1S/C14H14F3NS/c15-14(16,17)12-5-6-13(11(7-12)8-18)19-9-10-3-1-2-4-10/h5-7,10H,1-4,9H2. The van der Waals surface area contributed by atoms with Gasteiger partial charge in [0.1, 0.15) is 6.07 Å². The first-order valence-electron chi connectivity index (χ1n) is 6.25. The number of benzene rings is 1. The van der Waals surface area contributed by atoms with Gasteiger partial charge in [0, 0.05) is 10.6 Å². The summed E-state index contributed by atoms with van der Waals surface area (Å²) in [6.45, 7) is 0. The Morgan fingerprint density at radius 2 is 1.95 bits per heavy atom. The molecule has 0 atom stereocenters. The largest absolute Gasteiger partial charge is 0.416 e. The van der Waals surface area contributed by atoms with Gasteiger partial charge in [0.25, 0.3) is 0 Å². The molecular formula is C14H14F3NS. The van der Waals surface area contributed by atoms with Crippen LogP contribution in [0.1, 0.15) is 36.8 Å². The molecule has 1 aromatic carbocycles. The molecule has 0 bridgehead atoms. The van der Waals surface area contributed by atoms with E-state index in [9.17, 15) is 13.2 Å². The average Bonchev–Trinajstić information content (AvgIpc) is 2.88. The zero-order valence-electron chi connectivity index (χ0n) is 10.3. The number of rotatable bonds is 3. The van der Waals surface area contributed by atoms with Crippen LogP contribution in [0.5, 0.6) is 0 Å². The fraction of sp³-hybridized carbons (Fsp3) is 0.500. The van der Waals surface area contributed by atoms with E-state index in [2.05, 4.69) is 0 Å². The molecule has 1 nitrogen and oxygen atoms in total. The van der Waals surface area contributed by atoms with Gasteiger partial charge < -0.3 is 0 Å². The van der Waals surface area contributed by atoms with E-state index in [0.29, 0.717) is 10.8 Å². The third-order valence-corrected chi connectivity index (χ3v) is 4.68. The molecule has 0 radical (unpaired) electrons. The van der Waals surface area contributed by atoms with Crippen LogP contribution in [-0.4, -0.2) is 5.75 Å². The van der Waals surface area contributed by atoms with E-state index < -0.39 is 11.7 Å². The topological polar surface area (TPSA) is 23.8 Å². The Morgan fingerprint density at radius 3 is 2.53 bits per heavy atom. The Labute approximate surface area is 114 Å². The molecule has 0 unspecified atom stereocenters. The smallest absolute Gasteiger partial charge is 0.192 e. The number of nitrogens with zero attached hydrogens (tertiary/aromatic N) is 1. The Morgan fingerprint density at radius 1 is 1.26 bits per heavy atom. The molecule has 0 amide bonds. The van der Waals surface area contributed by atoms with E-state index in [4.69, 9.17) is 5.26 Å². The van der Waals surface area contributed by atoms with Crippen molar-refractivity contribution in [2.24, 2.45) is 5.92 Å². The molecule has 1 fully saturated rings. The molecule has 102 valence electrons. The van der Waals surface area contributed by atoms with Gasteiger partial charge in [0.2, 0.25) is 0 Å². The first-order valence-corrected chi connectivity index (χ1v) is 7.23. The minimum absolute atomic E-state index is 0.123. The van der Waals surface area contributed by atoms with Gasteiger partial charge in [-0.3, -0.25) is 0 Å². The lowest BCUT2D eigenvalue weighted by atomic mass is 10.1. The molecule has 0 spiro atoms. The Bertz CT molecular complexity index is 484. The van der Waals surface area contributed by atoms with Gasteiger partial charge in [-0.25, -0.2) is 0 Å². The number of alkyl halides is 3. The maximum atomic E-state index is 12.6. The van der Waals surface area contributed by atoms with E-state index in [1.807, 2.05) is 6.07 Å². The number of thioether (sulfide) groups is 1. The highest BCUT2D eigenvalue weighted by Crippen LogP contribution is 2.35. The number of nitriles is 1. The maximum absolute atomic E-state index is 12.6. The molecule has 1 aliphatic rings. The van der Waals surface area contributed by atoms with E-state index >= 15 is 0 Å². The molecule has 0 aliphatic heterocycles. The Balaban J connectivity index is 2.10. The Kier molecular flexibility index (Phi) is 4.41. The van der Waals surface area contributed by atoms with Crippen molar-refractivity contribution in [3.05, 3.63) is 29.3 Å². The van der Waals surface area contributed by atoms with Crippen molar-refractivity contribution in [2.75, 3.05) is 5.75 Å². The summed E-state index contributed by atoms with van der Waals surface area (Å²) < 4.78 is 37.7. The molecule has 0 aromatic heterocycles. The fourth-order valence-electron chi connectivity index (χ4n) is 2.30. The zero-order valence-corrected chi connectivity index (χ0v) is 11.2. The first-order chi connectivity index (χ1) is 9.00. The molecule has 5 heteroatoms. The van der Waals surface area contributed by atoms with Gasteiger partial charge in [-0.1, -0.05) is 12.8 Å². The van der Waals surface area contributed by atoms with E-state index in [1.54, 1.807) is 0 Å². The highest BCUT2D eigenvalue weighted by Gasteiger charge is 2.31. The third-order valence-electron chi connectivity index (χ3n) is 3.38. The van der Waals surface area contributed by atoms with Gasteiger partial charge in [-0.2, -0.15) is 18.4 Å². The summed E-state index contributed by atoms with van der Waals surface area (Å²) >= 11 is 1.50. The van der Waals surface area contributed by atoms with Crippen molar-refractivity contribution < 1.29 is 13.2 Å². The van der Waals surface area contributed by atoms with Crippen LogP contribution in [0.25, 0.3) is 0 Å². The van der Waals surface area contributed by atoms with Crippen LogP contribution in [0.15, 0.2) is 23.1 Å². The normalized spacial score (nSPS) is 16.5. The molecule has 19 heavy (non-hydrogen) atoms. The van der Waals surface area contributed by atoms with Crippen LogP contribution in [0.3, 0.4) is 0 Å². The molecule has 0 heterocycles. The molecule has 1 aliphatic carbocycles. The first kappa shape index (κ1) is 14.3. The molecule has 1 aromatic rings. The second kappa shape index (κ2) is 5.87. The van der Waals surface area contributed by atoms with Crippen LogP contribution in [0.4, 0.5) is 13.2 Å². The number of hydrogen-bond donors (Lipinski definition) is 0. The fourth-order valence-corrected chi connectivity index (χ4v) is 3.48. The van der Waals surface area contributed by atoms with Crippen LogP contribution in [0.2, 0.25) is 0 Å². The minimum Gasteiger partial charge on any atom is -0.192 e. The van der Waals surface area contributed by atoms with Gasteiger partial charge >= 0.3 is 6.18 Å². The molecule has 1 saturated carbocycles. The van der Waals surface area contributed by atoms with Gasteiger partial charge in [-0.05, 0) is 37.0 Å². The second-order valence-corrected chi connectivity index (χ2v) is 5.84. The SMILES string of the molecule is N#Cc1cc(C(F)(F)F)ccc1SCC1CCCC1. The van der Waals surface area contributed by atoms with Crippen LogP contribution in [-0.2, 0) is 6.18 Å². The minimum atomic E-state index is -4.39. The van der Waals surface area contributed by atoms with Crippen molar-refractivity contribution in [1.29, 1.82) is 5.26 Å². The highest BCUT2D eigenvalue weighted by atomic mass is 32.2. The predicted octanol–water partition coefficient (Wildman–Crippen LogP) is 4.86. The molecular weight excluding hydrogens is 271 g/mol. The van der Waals surface area contributed by atoms with E-state index in [0.717, 1.165) is 17.9 Å². The zero-order chi connectivity index (χ0) is 13.9. The lowest BCUT2D eigenvalue weighted by Gasteiger charge is -2.11. The van der Waals surface area contributed by atoms with Gasteiger partial charge in [0.15, 0.2) is 0 Å². The van der Waals surface area contributed by atoms with Crippen LogP contribution in [0, 0.1) is 17.2 Å². The van der Waals surface area contributed by atoms with Gasteiger partial charge in [-0.15, -0.1) is 11.8 Å². The maximum Gasteiger partial charge on any atom is 0.416 e. The lowest BCUT2D eigenvalue weighted by Crippen LogP contribution is -2.05. The van der Waals surface area contributed by atoms with Crippen molar-refractivity contribution in [1.82, 2.24) is 0 Å². The summed E-state index contributed by atoms with van der Waals surface area (Å²) in [4.78, 5) is 0.655. The predicted molar refractivity (Wildman–Crippen MR) is 68.8 cm³/mol. The second-order valence-electron chi connectivity index (χ2n) is 4.78. The lowest BCUT2D eigenvalue weighted by molar-refractivity contribution is -0.137. The summed E-state index contributed by atoms with van der Waals surface area (Å²) in [5, 5.41) is 8.97. The number of halogens is 3. The molecule has 0 saturated heterocycles. The summed E-state index contributed by atoms with van der Waals surface area (Å²) in [5.74, 6) is 1.53. The van der Waals surface area contributed by atoms with Crippen molar-refractivity contribution >= 4 is 11.8 Å². The average molecular weight is 285 g/mol. The monoisotopic (exact) mass is 285 g/mol. The quantitative estimate of drug-likeness (QED) is 0.740. The summed E-state index contributed by atoms with van der Waals surface area (Å²) in [5.41, 5.74) is -0.632. The summed E-state index contributed by atoms with van der Waals surface area (Å²) in [6, 6.07) is 5.28. The summed E-state index contributed by atoms with van der Waals surface area (Å²) in [6.07, 6.45) is 0.470. The summed E-state index contributed by atoms with van der Waals surface area (Å²) in [7, 11) is 0. The van der Waals surface area contributed by atoms with E-state index in [-0.39, 0.29) is 5.56 Å². The number of hydrogen-bond acceptors (Lipinski definition) is 2. The van der Waals surface area contributed by atoms with Crippen LogP contribution < -0.4 is 0 Å². The van der Waals surface area contributed by atoms with Crippen molar-refractivity contribution in [3.63, 3.8) is 0 Å². The third kappa shape index (κ3) is 3.66. The van der Waals surface area contributed by atoms with Crippen molar-refractivity contribution in [2.45, 2.75) is 36.8 Å². The van der Waals surface area contributed by atoms with Gasteiger partial charge in [0.05, 0.1) is 11.1 Å². The molecule has 0 N–H and O–H groups in total. The van der Waals surface area contributed by atoms with Crippen molar-refractivity contribution in [3.8, 4) is 6.07 Å². The van der Waals surface area contributed by atoms with E-state index in [1.165, 1.54) is 43.5 Å².